The highest BCUT2D eigenvalue weighted by Crippen LogP contribution is 2.21. The molecule has 11 heteroatoms. The van der Waals surface area contributed by atoms with E-state index in [-0.39, 0.29) is 13.0 Å². The third-order valence-corrected chi connectivity index (χ3v) is 6.53. The van der Waals surface area contributed by atoms with E-state index in [1.165, 1.54) is 21.6 Å². The monoisotopic (exact) mass is 381 g/mol. The van der Waals surface area contributed by atoms with E-state index in [0.717, 1.165) is 4.31 Å². The summed E-state index contributed by atoms with van der Waals surface area (Å²) in [6.45, 7) is 3.26. The van der Waals surface area contributed by atoms with Crippen LogP contribution in [0.25, 0.3) is 0 Å². The molecule has 0 spiro atoms. The molecule has 0 radical (unpaired) electrons. The van der Waals surface area contributed by atoms with Gasteiger partial charge in [0.2, 0.25) is 5.91 Å². The van der Waals surface area contributed by atoms with Crippen LogP contribution in [-0.4, -0.2) is 60.0 Å². The molecular formula is C12H19N3O5S3. The molecule has 0 aliphatic carbocycles. The molecule has 1 heterocycles. The molecule has 0 fully saturated rings. The number of amides is 1. The van der Waals surface area contributed by atoms with Crippen LogP contribution < -0.4 is 5.32 Å². The number of carbonyl (C=O) groups is 2. The van der Waals surface area contributed by atoms with Crippen molar-refractivity contribution < 1.29 is 23.1 Å². The Hall–Kier alpha value is -1.20. The Morgan fingerprint density at radius 3 is 2.57 bits per heavy atom. The summed E-state index contributed by atoms with van der Waals surface area (Å²) < 4.78 is 28.3. The zero-order valence-electron chi connectivity index (χ0n) is 12.8. The van der Waals surface area contributed by atoms with E-state index >= 15 is 0 Å². The molecule has 1 aliphatic heterocycles. The summed E-state index contributed by atoms with van der Waals surface area (Å²) in [6, 6.07) is 0. The van der Waals surface area contributed by atoms with Gasteiger partial charge in [-0.15, -0.1) is 4.40 Å². The molecule has 1 aliphatic rings. The van der Waals surface area contributed by atoms with E-state index in [4.69, 9.17) is 5.11 Å². The number of hydrogen-bond donors (Lipinski definition) is 2. The first-order valence-electron chi connectivity index (χ1n) is 6.73. The fourth-order valence-electron chi connectivity index (χ4n) is 1.69. The Balaban J connectivity index is 2.29. The lowest BCUT2D eigenvalue weighted by Crippen LogP contribution is -2.41. The van der Waals surface area contributed by atoms with Crippen LogP contribution in [0, 0.1) is 0 Å². The van der Waals surface area contributed by atoms with E-state index in [2.05, 4.69) is 9.71 Å². The topological polar surface area (TPSA) is 116 Å². The van der Waals surface area contributed by atoms with Crippen molar-refractivity contribution in [2.24, 2.45) is 4.40 Å². The predicted molar refractivity (Wildman–Crippen MR) is 92.7 cm³/mol. The summed E-state index contributed by atoms with van der Waals surface area (Å²) in [7, 11) is -0.962. The van der Waals surface area contributed by atoms with Crippen molar-refractivity contribution >= 4 is 49.4 Å². The summed E-state index contributed by atoms with van der Waals surface area (Å²) in [4.78, 5) is 22.1. The molecule has 2 N–H and O–H groups in total. The minimum Gasteiger partial charge on any atom is -0.481 e. The normalized spacial score (nSPS) is 16.5. The molecule has 0 aromatic rings. The van der Waals surface area contributed by atoms with Crippen molar-refractivity contribution in [2.45, 2.75) is 20.3 Å². The highest BCUT2D eigenvalue weighted by molar-refractivity contribution is 8.76. The first-order valence-corrected chi connectivity index (χ1v) is 10.6. The lowest BCUT2D eigenvalue weighted by Gasteiger charge is -2.24. The fraction of sp³-hybridized carbons (Fsp3) is 0.583. The molecule has 1 rings (SSSR count). The van der Waals surface area contributed by atoms with Gasteiger partial charge in [0.1, 0.15) is 6.54 Å². The van der Waals surface area contributed by atoms with Gasteiger partial charge in [-0.05, 0) is 19.9 Å². The van der Waals surface area contributed by atoms with Crippen LogP contribution in [0.2, 0.25) is 0 Å². The summed E-state index contributed by atoms with van der Waals surface area (Å²) in [6.07, 6.45) is 1.70. The van der Waals surface area contributed by atoms with Gasteiger partial charge in [0, 0.05) is 23.7 Å². The molecule has 23 heavy (non-hydrogen) atoms. The van der Waals surface area contributed by atoms with Crippen molar-refractivity contribution in [1.29, 1.82) is 0 Å². The third kappa shape index (κ3) is 7.27. The molecule has 0 unspecified atom stereocenters. The van der Waals surface area contributed by atoms with Crippen molar-refractivity contribution in [1.82, 2.24) is 9.62 Å². The average molecular weight is 382 g/mol. The molecule has 0 bridgehead atoms. The Labute approximate surface area is 143 Å². The Bertz CT molecular complexity index is 615. The Morgan fingerprint density at radius 2 is 1.96 bits per heavy atom. The maximum Gasteiger partial charge on any atom is 0.345 e. The number of carboxylic acids is 1. The maximum atomic E-state index is 11.9. The average Bonchev–Trinajstić information content (AvgIpc) is 2.40. The van der Waals surface area contributed by atoms with E-state index < -0.39 is 22.1 Å². The van der Waals surface area contributed by atoms with Crippen LogP contribution in [0.4, 0.5) is 0 Å². The second-order valence-electron chi connectivity index (χ2n) is 4.64. The largest absolute Gasteiger partial charge is 0.481 e. The minimum atomic E-state index is -3.84. The first kappa shape index (κ1) is 19.8. The van der Waals surface area contributed by atoms with Gasteiger partial charge >= 0.3 is 16.2 Å². The van der Waals surface area contributed by atoms with Crippen LogP contribution in [0.3, 0.4) is 0 Å². The molecule has 0 saturated carbocycles. The number of allylic oxidation sites excluding steroid dienone is 2. The molecule has 0 aromatic carbocycles. The summed E-state index contributed by atoms with van der Waals surface area (Å²) in [5.74, 6) is -0.140. The molecule has 0 saturated heterocycles. The van der Waals surface area contributed by atoms with Gasteiger partial charge in [-0.25, -0.2) is 4.31 Å². The van der Waals surface area contributed by atoms with E-state index in [1.54, 1.807) is 19.9 Å². The predicted octanol–water partition coefficient (Wildman–Crippen LogP) is 0.884. The Morgan fingerprint density at radius 1 is 1.30 bits per heavy atom. The lowest BCUT2D eigenvalue weighted by atomic mass is 10.3. The minimum absolute atomic E-state index is 0.0996. The number of carboxylic acid groups (broad SMARTS) is 1. The first-order chi connectivity index (χ1) is 10.7. The zero-order valence-corrected chi connectivity index (χ0v) is 15.3. The van der Waals surface area contributed by atoms with Gasteiger partial charge in [0.05, 0.1) is 12.1 Å². The Kier molecular flexibility index (Phi) is 7.92. The zero-order chi connectivity index (χ0) is 17.5. The second kappa shape index (κ2) is 9.18. The quantitative estimate of drug-likeness (QED) is 0.450. The van der Waals surface area contributed by atoms with Gasteiger partial charge in [-0.1, -0.05) is 21.6 Å². The highest BCUT2D eigenvalue weighted by Gasteiger charge is 2.27. The molecule has 0 atom stereocenters. The lowest BCUT2D eigenvalue weighted by molar-refractivity contribution is -0.136. The van der Waals surface area contributed by atoms with Crippen LogP contribution in [-0.2, 0) is 19.8 Å². The number of carbonyl (C=O) groups excluding carboxylic acids is 1. The number of nitrogens with one attached hydrogen (secondary N) is 1. The smallest absolute Gasteiger partial charge is 0.345 e. The van der Waals surface area contributed by atoms with Crippen molar-refractivity contribution in [2.75, 3.05) is 24.6 Å². The highest BCUT2D eigenvalue weighted by atomic mass is 33.1. The summed E-state index contributed by atoms with van der Waals surface area (Å²) >= 11 is 0. The number of hydrogen-bond acceptors (Lipinski definition) is 6. The van der Waals surface area contributed by atoms with Crippen LogP contribution in [0.5, 0.6) is 0 Å². The van der Waals surface area contributed by atoms with E-state index in [9.17, 15) is 18.0 Å². The summed E-state index contributed by atoms with van der Waals surface area (Å²) in [5, 5.41) is 11.1. The van der Waals surface area contributed by atoms with Gasteiger partial charge in [-0.2, -0.15) is 8.42 Å². The molecule has 1 amide bonds. The molecule has 8 nitrogen and oxygen atoms in total. The second-order valence-corrected chi connectivity index (χ2v) is 8.86. The van der Waals surface area contributed by atoms with Crippen LogP contribution in [0.1, 0.15) is 20.3 Å². The van der Waals surface area contributed by atoms with Crippen LogP contribution in [0.15, 0.2) is 16.2 Å². The molecule has 130 valence electrons. The van der Waals surface area contributed by atoms with Crippen molar-refractivity contribution in [3.8, 4) is 0 Å². The summed E-state index contributed by atoms with van der Waals surface area (Å²) in [5.41, 5.74) is 0.834. The van der Waals surface area contributed by atoms with Crippen molar-refractivity contribution in [3.05, 3.63) is 11.8 Å². The van der Waals surface area contributed by atoms with Crippen LogP contribution >= 0.6 is 21.6 Å². The van der Waals surface area contributed by atoms with Gasteiger partial charge in [-0.3, -0.25) is 9.59 Å². The van der Waals surface area contributed by atoms with Gasteiger partial charge in [0.25, 0.3) is 0 Å². The SMILES string of the molecule is CC1=CC(C)=NS(=O)(=O)N1CC(=O)NCCSSCCC(=O)O. The number of aliphatic carboxylic acids is 1. The third-order valence-electron chi connectivity index (χ3n) is 2.63. The van der Waals surface area contributed by atoms with E-state index in [1.807, 2.05) is 0 Å². The van der Waals surface area contributed by atoms with Gasteiger partial charge < -0.3 is 10.4 Å². The van der Waals surface area contributed by atoms with Crippen molar-refractivity contribution in [3.63, 3.8) is 0 Å². The van der Waals surface area contributed by atoms with E-state index in [0.29, 0.717) is 29.5 Å². The number of nitrogens with zero attached hydrogens (tertiary/aromatic N) is 2. The fourth-order valence-corrected chi connectivity index (χ4v) is 4.78. The molecule has 0 aromatic heterocycles. The number of rotatable bonds is 9. The standard InChI is InChI=1S/C12H19N3O5S3/c1-9-7-10(2)15(23(19,20)14-9)8-11(16)13-4-6-22-21-5-3-12(17)18/h7H,3-6,8H2,1-2H3,(H,13,16)(H,17,18). The molecular weight excluding hydrogens is 362 g/mol. The maximum absolute atomic E-state index is 11.9. The van der Waals surface area contributed by atoms with Gasteiger partial charge in [0.15, 0.2) is 0 Å².